The van der Waals surface area contributed by atoms with E-state index in [1.165, 1.54) is 32.1 Å². The van der Waals surface area contributed by atoms with E-state index in [0.29, 0.717) is 13.0 Å². The molecule has 0 radical (unpaired) electrons. The lowest BCUT2D eigenvalue weighted by molar-refractivity contribution is -0.145. The van der Waals surface area contributed by atoms with Crippen LogP contribution >= 0.6 is 12.6 Å². The highest BCUT2D eigenvalue weighted by atomic mass is 32.1. The van der Waals surface area contributed by atoms with Gasteiger partial charge in [-0.05, 0) is 30.4 Å². The zero-order valence-corrected chi connectivity index (χ0v) is 11.9. The van der Waals surface area contributed by atoms with Crippen molar-refractivity contribution in [3.63, 3.8) is 0 Å². The molecule has 2 nitrogen and oxygen atoms in total. The van der Waals surface area contributed by atoms with Gasteiger partial charge < -0.3 is 4.74 Å². The molecule has 0 unspecified atom stereocenters. The van der Waals surface area contributed by atoms with E-state index in [-0.39, 0.29) is 11.4 Å². The highest BCUT2D eigenvalue weighted by Gasteiger charge is 2.43. The zero-order chi connectivity index (χ0) is 12.6. The Balaban J connectivity index is 1.90. The van der Waals surface area contributed by atoms with Gasteiger partial charge in [0, 0.05) is 0 Å². The second kappa shape index (κ2) is 8.02. The molecule has 0 aromatic carbocycles. The Morgan fingerprint density at radius 1 is 1.18 bits per heavy atom. The van der Waals surface area contributed by atoms with Gasteiger partial charge in [-0.1, -0.05) is 39.0 Å². The van der Waals surface area contributed by atoms with Gasteiger partial charge >= 0.3 is 5.97 Å². The summed E-state index contributed by atoms with van der Waals surface area (Å²) in [5.41, 5.74) is 0.196. The quantitative estimate of drug-likeness (QED) is 0.364. The van der Waals surface area contributed by atoms with Crippen LogP contribution in [0.3, 0.4) is 0 Å². The van der Waals surface area contributed by atoms with Crippen molar-refractivity contribution in [3.05, 3.63) is 0 Å². The molecule has 0 saturated heterocycles. The maximum Gasteiger partial charge on any atom is 0.306 e. The van der Waals surface area contributed by atoms with Crippen molar-refractivity contribution in [2.75, 3.05) is 12.4 Å². The molecular formula is C14H26O2S. The number of esters is 1. The second-order valence-electron chi connectivity index (χ2n) is 5.32. The first kappa shape index (κ1) is 14.9. The van der Waals surface area contributed by atoms with E-state index in [0.717, 1.165) is 25.0 Å². The summed E-state index contributed by atoms with van der Waals surface area (Å²) in [6.07, 6.45) is 10.2. The van der Waals surface area contributed by atoms with Crippen LogP contribution in [0.4, 0.5) is 0 Å². The largest absolute Gasteiger partial charge is 0.466 e. The van der Waals surface area contributed by atoms with E-state index in [4.69, 9.17) is 4.74 Å². The normalized spacial score (nSPS) is 16.8. The van der Waals surface area contributed by atoms with Crippen LogP contribution in [0.25, 0.3) is 0 Å². The van der Waals surface area contributed by atoms with E-state index in [1.54, 1.807) is 0 Å². The Bertz CT molecular complexity index is 224. The van der Waals surface area contributed by atoms with Gasteiger partial charge in [0.05, 0.1) is 13.0 Å². The number of rotatable bonds is 10. The Kier molecular flexibility index (Phi) is 7.02. The van der Waals surface area contributed by atoms with Crippen LogP contribution in [0.15, 0.2) is 0 Å². The molecule has 0 N–H and O–H groups in total. The van der Waals surface area contributed by atoms with Gasteiger partial charge in [-0.15, -0.1) is 0 Å². The van der Waals surface area contributed by atoms with E-state index < -0.39 is 0 Å². The van der Waals surface area contributed by atoms with Crippen molar-refractivity contribution in [1.82, 2.24) is 0 Å². The first-order valence-electron chi connectivity index (χ1n) is 6.99. The number of hydrogen-bond acceptors (Lipinski definition) is 3. The summed E-state index contributed by atoms with van der Waals surface area (Å²) < 4.78 is 5.25. The molecule has 0 spiro atoms. The summed E-state index contributed by atoms with van der Waals surface area (Å²) >= 11 is 4.29. The highest BCUT2D eigenvalue weighted by molar-refractivity contribution is 7.80. The molecule has 0 amide bonds. The molecular weight excluding hydrogens is 232 g/mol. The van der Waals surface area contributed by atoms with Gasteiger partial charge in [-0.25, -0.2) is 0 Å². The van der Waals surface area contributed by atoms with Crippen LogP contribution in [0.2, 0.25) is 0 Å². The lowest BCUT2D eigenvalue weighted by Crippen LogP contribution is -2.14. The third-order valence-corrected chi connectivity index (χ3v) is 4.24. The smallest absolute Gasteiger partial charge is 0.306 e. The summed E-state index contributed by atoms with van der Waals surface area (Å²) in [7, 11) is 0. The van der Waals surface area contributed by atoms with E-state index in [9.17, 15) is 4.79 Å². The van der Waals surface area contributed by atoms with Gasteiger partial charge in [-0.3, -0.25) is 4.79 Å². The van der Waals surface area contributed by atoms with E-state index in [1.807, 2.05) is 0 Å². The molecule has 0 aliphatic heterocycles. The summed E-state index contributed by atoms with van der Waals surface area (Å²) in [6, 6.07) is 0. The molecule has 1 rings (SSSR count). The minimum atomic E-state index is -0.0230. The Morgan fingerprint density at radius 3 is 2.41 bits per heavy atom. The molecule has 1 aliphatic rings. The number of carbonyl (C=O) groups is 1. The second-order valence-corrected chi connectivity index (χ2v) is 5.64. The number of carbonyl (C=O) groups excluding carboxylic acids is 1. The maximum absolute atomic E-state index is 11.5. The molecule has 0 aromatic heterocycles. The van der Waals surface area contributed by atoms with Crippen molar-refractivity contribution in [3.8, 4) is 0 Å². The number of ether oxygens (including phenoxy) is 1. The molecule has 0 bridgehead atoms. The summed E-state index contributed by atoms with van der Waals surface area (Å²) in [6.45, 7) is 2.82. The lowest BCUT2D eigenvalue weighted by Gasteiger charge is -2.10. The SMILES string of the molecule is CCCCCCCCOC(=O)CC1(CS)CC1. The minimum absolute atomic E-state index is 0.0230. The molecule has 17 heavy (non-hydrogen) atoms. The van der Waals surface area contributed by atoms with Gasteiger partial charge in [0.15, 0.2) is 0 Å². The number of thiol groups is 1. The fourth-order valence-electron chi connectivity index (χ4n) is 1.99. The van der Waals surface area contributed by atoms with E-state index in [2.05, 4.69) is 19.6 Å². The topological polar surface area (TPSA) is 26.3 Å². The van der Waals surface area contributed by atoms with Crippen molar-refractivity contribution in [2.45, 2.75) is 64.7 Å². The Morgan fingerprint density at radius 2 is 1.82 bits per heavy atom. The zero-order valence-electron chi connectivity index (χ0n) is 11.0. The van der Waals surface area contributed by atoms with Gasteiger partial charge in [0.2, 0.25) is 0 Å². The van der Waals surface area contributed by atoms with Crippen molar-refractivity contribution >= 4 is 18.6 Å². The monoisotopic (exact) mass is 258 g/mol. The van der Waals surface area contributed by atoms with Gasteiger partial charge in [0.25, 0.3) is 0 Å². The van der Waals surface area contributed by atoms with Crippen LogP contribution in [0.5, 0.6) is 0 Å². The standard InChI is InChI=1S/C14H26O2S/c1-2-3-4-5-6-7-10-16-13(15)11-14(12-17)8-9-14/h17H,2-12H2,1H3. The van der Waals surface area contributed by atoms with Crippen molar-refractivity contribution in [1.29, 1.82) is 0 Å². The van der Waals surface area contributed by atoms with Gasteiger partial charge in [0.1, 0.15) is 0 Å². The van der Waals surface area contributed by atoms with Crippen LogP contribution < -0.4 is 0 Å². The third kappa shape index (κ3) is 6.35. The Hall–Kier alpha value is -0.180. The highest BCUT2D eigenvalue weighted by Crippen LogP contribution is 2.49. The van der Waals surface area contributed by atoms with Crippen LogP contribution in [-0.2, 0) is 9.53 Å². The molecule has 0 heterocycles. The molecule has 0 aromatic rings. The molecule has 3 heteroatoms. The summed E-state index contributed by atoms with van der Waals surface area (Å²) in [5.74, 6) is 0.796. The average Bonchev–Trinajstić information content (AvgIpc) is 3.08. The van der Waals surface area contributed by atoms with Gasteiger partial charge in [-0.2, -0.15) is 12.6 Å². The number of hydrogen-bond donors (Lipinski definition) is 1. The molecule has 1 fully saturated rings. The van der Waals surface area contributed by atoms with Crippen molar-refractivity contribution < 1.29 is 9.53 Å². The fraction of sp³-hybridized carbons (Fsp3) is 0.929. The fourth-order valence-corrected chi connectivity index (χ4v) is 2.42. The van der Waals surface area contributed by atoms with Crippen LogP contribution in [0, 0.1) is 5.41 Å². The average molecular weight is 258 g/mol. The molecule has 1 saturated carbocycles. The first-order chi connectivity index (χ1) is 8.22. The minimum Gasteiger partial charge on any atom is -0.466 e. The maximum atomic E-state index is 11.5. The van der Waals surface area contributed by atoms with E-state index >= 15 is 0 Å². The van der Waals surface area contributed by atoms with Crippen molar-refractivity contribution in [2.24, 2.45) is 5.41 Å². The molecule has 0 atom stereocenters. The predicted octanol–water partition coefficient (Wildman–Crippen LogP) is 3.99. The predicted molar refractivity (Wildman–Crippen MR) is 74.5 cm³/mol. The number of unbranched alkanes of at least 4 members (excludes halogenated alkanes) is 5. The van der Waals surface area contributed by atoms with Crippen LogP contribution in [-0.4, -0.2) is 18.3 Å². The molecule has 1 aliphatic carbocycles. The van der Waals surface area contributed by atoms with Crippen LogP contribution in [0.1, 0.15) is 64.7 Å². The Labute approximate surface area is 111 Å². The third-order valence-electron chi connectivity index (χ3n) is 3.57. The summed E-state index contributed by atoms with van der Waals surface area (Å²) in [5, 5.41) is 0. The molecule has 100 valence electrons. The lowest BCUT2D eigenvalue weighted by atomic mass is 10.1. The first-order valence-corrected chi connectivity index (χ1v) is 7.62. The summed E-state index contributed by atoms with van der Waals surface area (Å²) in [4.78, 5) is 11.5.